The van der Waals surface area contributed by atoms with Crippen LogP contribution in [0.15, 0.2) is 24.3 Å². The van der Waals surface area contributed by atoms with Crippen LogP contribution >= 0.6 is 11.6 Å². The van der Waals surface area contributed by atoms with Gasteiger partial charge in [0.15, 0.2) is 0 Å². The smallest absolute Gasteiger partial charge is 0.315 e. The SMILES string of the molecule is O=C(NCCCOc1ccccc1Cl)NC1CCCCCCCCCCC1. The van der Waals surface area contributed by atoms with E-state index in [4.69, 9.17) is 16.3 Å². The van der Waals surface area contributed by atoms with Crippen molar-refractivity contribution in [2.75, 3.05) is 13.2 Å². The predicted molar refractivity (Wildman–Crippen MR) is 113 cm³/mol. The number of para-hydroxylation sites is 1. The largest absolute Gasteiger partial charge is 0.492 e. The van der Waals surface area contributed by atoms with Gasteiger partial charge in [0.25, 0.3) is 0 Å². The Bertz CT molecular complexity index is 527. The summed E-state index contributed by atoms with van der Waals surface area (Å²) in [6.07, 6.45) is 14.8. The van der Waals surface area contributed by atoms with Gasteiger partial charge < -0.3 is 15.4 Å². The Balaban J connectivity index is 1.60. The van der Waals surface area contributed by atoms with Crippen LogP contribution in [0.3, 0.4) is 0 Å². The maximum Gasteiger partial charge on any atom is 0.315 e. The molecule has 5 heteroatoms. The lowest BCUT2D eigenvalue weighted by Crippen LogP contribution is -2.42. The molecule has 152 valence electrons. The fourth-order valence-corrected chi connectivity index (χ4v) is 3.75. The molecular formula is C22H35ClN2O2. The molecule has 1 aromatic carbocycles. The van der Waals surface area contributed by atoms with Gasteiger partial charge in [-0.2, -0.15) is 0 Å². The third-order valence-corrected chi connectivity index (χ3v) is 5.45. The van der Waals surface area contributed by atoms with Crippen LogP contribution in [0.1, 0.15) is 77.0 Å². The molecule has 2 rings (SSSR count). The van der Waals surface area contributed by atoms with E-state index < -0.39 is 0 Å². The summed E-state index contributed by atoms with van der Waals surface area (Å²) in [5, 5.41) is 6.75. The standard InChI is InChI=1S/C22H35ClN2O2/c23-20-15-10-11-16-21(20)27-18-12-17-24-22(26)25-19-13-8-6-4-2-1-3-5-7-9-14-19/h10-11,15-16,19H,1-9,12-14,17-18H2,(H2,24,25,26). The highest BCUT2D eigenvalue weighted by Gasteiger charge is 2.12. The van der Waals surface area contributed by atoms with Crippen molar-refractivity contribution in [3.63, 3.8) is 0 Å². The van der Waals surface area contributed by atoms with E-state index in [1.54, 1.807) is 0 Å². The van der Waals surface area contributed by atoms with Crippen molar-refractivity contribution in [1.29, 1.82) is 0 Å². The van der Waals surface area contributed by atoms with E-state index in [9.17, 15) is 4.79 Å². The van der Waals surface area contributed by atoms with Crippen LogP contribution in [0.2, 0.25) is 5.02 Å². The number of carbonyl (C=O) groups excluding carboxylic acids is 1. The molecule has 0 aliphatic heterocycles. The number of ether oxygens (including phenoxy) is 1. The quantitative estimate of drug-likeness (QED) is 0.574. The summed E-state index contributed by atoms with van der Waals surface area (Å²) in [4.78, 5) is 12.2. The highest BCUT2D eigenvalue weighted by Crippen LogP contribution is 2.23. The molecule has 0 atom stereocenters. The van der Waals surface area contributed by atoms with Crippen LogP contribution < -0.4 is 15.4 Å². The van der Waals surface area contributed by atoms with Crippen LogP contribution in [0.25, 0.3) is 0 Å². The minimum atomic E-state index is -0.0511. The van der Waals surface area contributed by atoms with Gasteiger partial charge >= 0.3 is 6.03 Å². The van der Waals surface area contributed by atoms with E-state index in [1.165, 1.54) is 57.8 Å². The molecule has 0 saturated heterocycles. The van der Waals surface area contributed by atoms with Crippen LogP contribution in [0, 0.1) is 0 Å². The van der Waals surface area contributed by atoms with Gasteiger partial charge in [-0.15, -0.1) is 0 Å². The van der Waals surface area contributed by atoms with Crippen LogP contribution in [0.5, 0.6) is 5.75 Å². The first-order valence-electron chi connectivity index (χ1n) is 10.7. The molecule has 1 aliphatic carbocycles. The number of nitrogens with one attached hydrogen (secondary N) is 2. The van der Waals surface area contributed by atoms with E-state index in [2.05, 4.69) is 10.6 Å². The molecule has 1 saturated carbocycles. The first-order valence-corrected chi connectivity index (χ1v) is 11.0. The zero-order valence-corrected chi connectivity index (χ0v) is 17.2. The first-order chi connectivity index (χ1) is 13.3. The lowest BCUT2D eigenvalue weighted by Gasteiger charge is -2.20. The zero-order chi connectivity index (χ0) is 19.2. The fraction of sp³-hybridized carbons (Fsp3) is 0.682. The maximum atomic E-state index is 12.2. The number of hydrogen-bond acceptors (Lipinski definition) is 2. The van der Waals surface area contributed by atoms with E-state index in [1.807, 2.05) is 24.3 Å². The molecule has 0 aromatic heterocycles. The highest BCUT2D eigenvalue weighted by atomic mass is 35.5. The molecule has 0 spiro atoms. The average Bonchev–Trinajstić information content (AvgIpc) is 2.65. The molecule has 2 N–H and O–H groups in total. The van der Waals surface area contributed by atoms with Gasteiger partial charge in [0.2, 0.25) is 0 Å². The summed E-state index contributed by atoms with van der Waals surface area (Å²) in [6.45, 7) is 1.14. The number of halogens is 1. The topological polar surface area (TPSA) is 50.4 Å². The van der Waals surface area contributed by atoms with Gasteiger partial charge in [0.1, 0.15) is 5.75 Å². The van der Waals surface area contributed by atoms with E-state index >= 15 is 0 Å². The Labute approximate surface area is 169 Å². The van der Waals surface area contributed by atoms with E-state index in [-0.39, 0.29) is 6.03 Å². The van der Waals surface area contributed by atoms with E-state index in [0.29, 0.717) is 30.0 Å². The lowest BCUT2D eigenvalue weighted by molar-refractivity contribution is 0.233. The maximum absolute atomic E-state index is 12.2. The monoisotopic (exact) mass is 394 g/mol. The number of urea groups is 1. The Morgan fingerprint density at radius 1 is 0.963 bits per heavy atom. The van der Waals surface area contributed by atoms with Gasteiger partial charge in [0.05, 0.1) is 11.6 Å². The second kappa shape index (κ2) is 13.7. The summed E-state index contributed by atoms with van der Waals surface area (Å²) >= 11 is 6.06. The van der Waals surface area contributed by atoms with Crippen molar-refractivity contribution in [3.8, 4) is 5.75 Å². The summed E-state index contributed by atoms with van der Waals surface area (Å²) in [5.41, 5.74) is 0. The summed E-state index contributed by atoms with van der Waals surface area (Å²) < 4.78 is 5.64. The van der Waals surface area contributed by atoms with E-state index in [0.717, 1.165) is 19.3 Å². The molecule has 0 unspecified atom stereocenters. The van der Waals surface area contributed by atoms with Gasteiger partial charge in [-0.25, -0.2) is 4.79 Å². The van der Waals surface area contributed by atoms with Crippen LogP contribution in [-0.2, 0) is 0 Å². The summed E-state index contributed by atoms with van der Waals surface area (Å²) in [5.74, 6) is 0.692. The fourth-order valence-electron chi connectivity index (χ4n) is 3.56. The molecule has 27 heavy (non-hydrogen) atoms. The van der Waals surface area contributed by atoms with Crippen molar-refractivity contribution < 1.29 is 9.53 Å². The number of amides is 2. The molecule has 1 aliphatic rings. The summed E-state index contributed by atoms with van der Waals surface area (Å²) in [7, 11) is 0. The second-order valence-electron chi connectivity index (χ2n) is 7.49. The molecular weight excluding hydrogens is 360 g/mol. The van der Waals surface area contributed by atoms with Gasteiger partial charge in [-0.1, -0.05) is 81.5 Å². The molecule has 2 amide bonds. The average molecular weight is 395 g/mol. The van der Waals surface area contributed by atoms with Crippen molar-refractivity contribution in [2.24, 2.45) is 0 Å². The molecule has 0 bridgehead atoms. The van der Waals surface area contributed by atoms with Crippen molar-refractivity contribution in [1.82, 2.24) is 10.6 Å². The molecule has 1 fully saturated rings. The normalized spacial score (nSPS) is 17.4. The zero-order valence-electron chi connectivity index (χ0n) is 16.5. The van der Waals surface area contributed by atoms with Crippen LogP contribution in [0.4, 0.5) is 4.79 Å². The molecule has 0 heterocycles. The van der Waals surface area contributed by atoms with Crippen LogP contribution in [-0.4, -0.2) is 25.2 Å². The Morgan fingerprint density at radius 2 is 1.56 bits per heavy atom. The first kappa shape index (κ1) is 21.9. The molecule has 4 nitrogen and oxygen atoms in total. The third-order valence-electron chi connectivity index (χ3n) is 5.14. The van der Waals surface area contributed by atoms with Crippen molar-refractivity contribution in [3.05, 3.63) is 29.3 Å². The Hall–Kier alpha value is -1.42. The van der Waals surface area contributed by atoms with Gasteiger partial charge in [-0.3, -0.25) is 0 Å². The predicted octanol–water partition coefficient (Wildman–Crippen LogP) is 6.08. The van der Waals surface area contributed by atoms with Crippen molar-refractivity contribution >= 4 is 17.6 Å². The minimum Gasteiger partial charge on any atom is -0.492 e. The lowest BCUT2D eigenvalue weighted by atomic mass is 9.98. The number of benzene rings is 1. The highest BCUT2D eigenvalue weighted by molar-refractivity contribution is 6.32. The second-order valence-corrected chi connectivity index (χ2v) is 7.90. The Morgan fingerprint density at radius 3 is 2.19 bits per heavy atom. The van der Waals surface area contributed by atoms with Crippen molar-refractivity contribution in [2.45, 2.75) is 83.1 Å². The number of hydrogen-bond donors (Lipinski definition) is 2. The minimum absolute atomic E-state index is 0.0511. The third kappa shape index (κ3) is 9.90. The molecule has 0 radical (unpaired) electrons. The van der Waals surface area contributed by atoms with Gasteiger partial charge in [-0.05, 0) is 31.4 Å². The molecule has 1 aromatic rings. The summed E-state index contributed by atoms with van der Waals surface area (Å²) in [6, 6.07) is 7.70. The van der Waals surface area contributed by atoms with Gasteiger partial charge in [0, 0.05) is 12.6 Å². The number of rotatable bonds is 6. The number of carbonyl (C=O) groups is 1. The Kier molecular flexibility index (Phi) is 11.1.